The number of rotatable bonds is 8. The lowest BCUT2D eigenvalue weighted by Gasteiger charge is -2.08. The SMILES string of the molecule is NC(N)=NCCC[C@H](N)C(=O)CCC(=O)O. The fraction of sp³-hybridized carbons (Fsp3) is 0.667. The lowest BCUT2D eigenvalue weighted by Crippen LogP contribution is -2.31. The van der Waals surface area contributed by atoms with Crippen LogP contribution in [0, 0.1) is 0 Å². The van der Waals surface area contributed by atoms with Crippen LogP contribution < -0.4 is 17.2 Å². The first-order valence-electron chi connectivity index (χ1n) is 4.99. The van der Waals surface area contributed by atoms with Crippen molar-refractivity contribution >= 4 is 17.7 Å². The lowest BCUT2D eigenvalue weighted by atomic mass is 10.0. The summed E-state index contributed by atoms with van der Waals surface area (Å²) in [6, 6.07) is -0.631. The zero-order valence-corrected chi connectivity index (χ0v) is 9.06. The highest BCUT2D eigenvalue weighted by Crippen LogP contribution is 2.01. The number of carbonyl (C=O) groups is 2. The van der Waals surface area contributed by atoms with Crippen molar-refractivity contribution in [2.75, 3.05) is 6.54 Å². The molecule has 92 valence electrons. The van der Waals surface area contributed by atoms with Gasteiger partial charge in [0, 0.05) is 13.0 Å². The monoisotopic (exact) mass is 230 g/mol. The second-order valence-electron chi connectivity index (χ2n) is 3.42. The molecule has 0 heterocycles. The zero-order valence-electron chi connectivity index (χ0n) is 9.06. The van der Waals surface area contributed by atoms with Crippen molar-refractivity contribution in [1.29, 1.82) is 0 Å². The van der Waals surface area contributed by atoms with Gasteiger partial charge in [0.1, 0.15) is 5.78 Å². The van der Waals surface area contributed by atoms with Crippen LogP contribution in [-0.2, 0) is 9.59 Å². The van der Waals surface area contributed by atoms with Crippen molar-refractivity contribution in [3.05, 3.63) is 0 Å². The predicted octanol–water partition coefficient (Wildman–Crippen LogP) is -1.20. The third-order valence-electron chi connectivity index (χ3n) is 1.97. The molecule has 7 N–H and O–H groups in total. The van der Waals surface area contributed by atoms with Crippen LogP contribution in [0.1, 0.15) is 25.7 Å². The summed E-state index contributed by atoms with van der Waals surface area (Å²) in [6.45, 7) is 0.419. The molecule has 0 unspecified atom stereocenters. The average Bonchev–Trinajstić information content (AvgIpc) is 2.20. The van der Waals surface area contributed by atoms with Gasteiger partial charge in [0.25, 0.3) is 0 Å². The number of ketones is 1. The van der Waals surface area contributed by atoms with Crippen LogP contribution in [0.5, 0.6) is 0 Å². The van der Waals surface area contributed by atoms with Gasteiger partial charge in [-0.3, -0.25) is 14.6 Å². The molecule has 0 rings (SSSR count). The van der Waals surface area contributed by atoms with E-state index in [1.54, 1.807) is 0 Å². The van der Waals surface area contributed by atoms with Crippen molar-refractivity contribution in [1.82, 2.24) is 0 Å². The van der Waals surface area contributed by atoms with Crippen LogP contribution in [0.15, 0.2) is 4.99 Å². The summed E-state index contributed by atoms with van der Waals surface area (Å²) in [4.78, 5) is 25.3. The van der Waals surface area contributed by atoms with E-state index in [-0.39, 0.29) is 24.6 Å². The van der Waals surface area contributed by atoms with Crippen molar-refractivity contribution < 1.29 is 14.7 Å². The molecule has 0 amide bonds. The van der Waals surface area contributed by atoms with Gasteiger partial charge in [-0.25, -0.2) is 0 Å². The van der Waals surface area contributed by atoms with Crippen molar-refractivity contribution in [2.24, 2.45) is 22.2 Å². The number of hydrogen-bond acceptors (Lipinski definition) is 4. The summed E-state index contributed by atoms with van der Waals surface area (Å²) in [5.74, 6) is -1.24. The molecule has 0 bridgehead atoms. The second kappa shape index (κ2) is 7.63. The number of carbonyl (C=O) groups excluding carboxylic acids is 1. The fourth-order valence-electron chi connectivity index (χ4n) is 1.10. The summed E-state index contributed by atoms with van der Waals surface area (Å²) in [6.07, 6.45) is 0.840. The molecule has 16 heavy (non-hydrogen) atoms. The highest BCUT2D eigenvalue weighted by molar-refractivity contribution is 5.86. The molecular formula is C9H18N4O3. The normalized spacial score (nSPS) is 11.8. The average molecular weight is 230 g/mol. The van der Waals surface area contributed by atoms with Crippen LogP contribution in [0.4, 0.5) is 0 Å². The fourth-order valence-corrected chi connectivity index (χ4v) is 1.10. The van der Waals surface area contributed by atoms with Gasteiger partial charge in [-0.1, -0.05) is 0 Å². The highest BCUT2D eigenvalue weighted by Gasteiger charge is 2.13. The Morgan fingerprint density at radius 2 is 1.88 bits per heavy atom. The minimum absolute atomic E-state index is 0.00535. The van der Waals surface area contributed by atoms with Gasteiger partial charge in [-0.05, 0) is 12.8 Å². The molecule has 0 aliphatic rings. The van der Waals surface area contributed by atoms with E-state index >= 15 is 0 Å². The molecule has 7 heteroatoms. The first-order valence-corrected chi connectivity index (χ1v) is 4.99. The Labute approximate surface area is 93.7 Å². The van der Waals surface area contributed by atoms with Crippen LogP contribution in [-0.4, -0.2) is 35.4 Å². The Hall–Kier alpha value is -1.63. The Kier molecular flexibility index (Phi) is 6.86. The van der Waals surface area contributed by atoms with Crippen LogP contribution in [0.2, 0.25) is 0 Å². The van der Waals surface area contributed by atoms with E-state index in [4.69, 9.17) is 22.3 Å². The van der Waals surface area contributed by atoms with Gasteiger partial charge in [-0.2, -0.15) is 0 Å². The zero-order chi connectivity index (χ0) is 12.6. The predicted molar refractivity (Wildman–Crippen MR) is 59.8 cm³/mol. The molecule has 0 saturated carbocycles. The molecule has 0 aliphatic heterocycles. The first kappa shape index (κ1) is 14.4. The van der Waals surface area contributed by atoms with E-state index < -0.39 is 12.0 Å². The third kappa shape index (κ3) is 7.74. The summed E-state index contributed by atoms with van der Waals surface area (Å²) in [7, 11) is 0. The quantitative estimate of drug-likeness (QED) is 0.234. The standard InChI is InChI=1S/C9H18N4O3/c10-6(2-1-5-13-9(11)12)7(14)3-4-8(15)16/h6H,1-5,10H2,(H,15,16)(H4,11,12,13)/t6-/m0/s1. The molecule has 0 spiro atoms. The van der Waals surface area contributed by atoms with Crippen LogP contribution in [0.3, 0.4) is 0 Å². The van der Waals surface area contributed by atoms with E-state index in [1.807, 2.05) is 0 Å². The largest absolute Gasteiger partial charge is 0.481 e. The maximum Gasteiger partial charge on any atom is 0.303 e. The summed E-state index contributed by atoms with van der Waals surface area (Å²) >= 11 is 0. The third-order valence-corrected chi connectivity index (χ3v) is 1.97. The van der Waals surface area contributed by atoms with E-state index in [9.17, 15) is 9.59 Å². The molecular weight excluding hydrogens is 212 g/mol. The number of aliphatic imine (C=N–C) groups is 1. The maximum absolute atomic E-state index is 11.3. The number of hydrogen-bond donors (Lipinski definition) is 4. The lowest BCUT2D eigenvalue weighted by molar-refractivity contribution is -0.138. The van der Waals surface area contributed by atoms with Gasteiger partial charge in [0.05, 0.1) is 12.5 Å². The number of carboxylic acids is 1. The van der Waals surface area contributed by atoms with Gasteiger partial charge in [-0.15, -0.1) is 0 Å². The van der Waals surface area contributed by atoms with E-state index in [0.29, 0.717) is 19.4 Å². The molecule has 0 aromatic carbocycles. The minimum atomic E-state index is -0.999. The number of Topliss-reactive ketones (excluding diaryl/α,β-unsaturated/α-hetero) is 1. The summed E-state index contributed by atoms with van der Waals surface area (Å²) < 4.78 is 0. The van der Waals surface area contributed by atoms with Crippen LogP contribution >= 0.6 is 0 Å². The van der Waals surface area contributed by atoms with Crippen molar-refractivity contribution in [3.63, 3.8) is 0 Å². The maximum atomic E-state index is 11.3. The van der Waals surface area contributed by atoms with Gasteiger partial charge < -0.3 is 22.3 Å². The Balaban J connectivity index is 3.71. The van der Waals surface area contributed by atoms with Gasteiger partial charge in [0.15, 0.2) is 5.96 Å². The number of nitrogens with zero attached hydrogens (tertiary/aromatic N) is 1. The van der Waals surface area contributed by atoms with E-state index in [0.717, 1.165) is 0 Å². The topological polar surface area (TPSA) is 145 Å². The van der Waals surface area contributed by atoms with Crippen molar-refractivity contribution in [2.45, 2.75) is 31.7 Å². The Morgan fingerprint density at radius 3 is 2.38 bits per heavy atom. The number of guanidine groups is 1. The van der Waals surface area contributed by atoms with E-state index in [1.165, 1.54) is 0 Å². The second-order valence-corrected chi connectivity index (χ2v) is 3.42. The summed E-state index contributed by atoms with van der Waals surface area (Å²) in [5, 5.41) is 8.38. The first-order chi connectivity index (χ1) is 7.43. The molecule has 0 aromatic rings. The minimum Gasteiger partial charge on any atom is -0.481 e. The molecule has 1 atom stereocenters. The van der Waals surface area contributed by atoms with Crippen molar-refractivity contribution in [3.8, 4) is 0 Å². The van der Waals surface area contributed by atoms with E-state index in [2.05, 4.69) is 4.99 Å². The Bertz CT molecular complexity index is 274. The smallest absolute Gasteiger partial charge is 0.303 e. The number of aliphatic carboxylic acids is 1. The molecule has 7 nitrogen and oxygen atoms in total. The molecule has 0 fully saturated rings. The van der Waals surface area contributed by atoms with Crippen LogP contribution in [0.25, 0.3) is 0 Å². The number of carboxylic acid groups (broad SMARTS) is 1. The molecule has 0 radical (unpaired) electrons. The van der Waals surface area contributed by atoms with Gasteiger partial charge >= 0.3 is 5.97 Å². The van der Waals surface area contributed by atoms with Gasteiger partial charge in [0.2, 0.25) is 0 Å². The molecule has 0 aromatic heterocycles. The summed E-state index contributed by atoms with van der Waals surface area (Å²) in [5.41, 5.74) is 15.8. The number of nitrogens with two attached hydrogens (primary N) is 3. The molecule has 0 aliphatic carbocycles. The highest BCUT2D eigenvalue weighted by atomic mass is 16.4. The molecule has 0 saturated heterocycles. The Morgan fingerprint density at radius 1 is 1.25 bits per heavy atom.